The Morgan fingerprint density at radius 2 is 1.94 bits per heavy atom. The average Bonchev–Trinajstić information content (AvgIpc) is 2.22. The van der Waals surface area contributed by atoms with Crippen LogP contribution in [-0.4, -0.2) is 32.8 Å². The van der Waals surface area contributed by atoms with Crippen molar-refractivity contribution in [3.05, 3.63) is 0 Å². The minimum absolute atomic E-state index is 0.328. The maximum absolute atomic E-state index is 5.53. The summed E-state index contributed by atoms with van der Waals surface area (Å²) in [4.78, 5) is 0. The van der Waals surface area contributed by atoms with Crippen LogP contribution in [0.4, 0.5) is 0 Å². The van der Waals surface area contributed by atoms with Crippen LogP contribution in [0, 0.1) is 11.3 Å². The smallest absolute Gasteiger partial charge is 0.0615 e. The first-order chi connectivity index (χ1) is 7.44. The fourth-order valence-corrected chi connectivity index (χ4v) is 1.42. The van der Waals surface area contributed by atoms with Crippen molar-refractivity contribution in [3.8, 4) is 0 Å². The molecule has 1 atom stereocenters. The molecule has 0 saturated carbocycles. The van der Waals surface area contributed by atoms with Crippen LogP contribution in [0.2, 0.25) is 0 Å². The quantitative estimate of drug-likeness (QED) is 0.637. The van der Waals surface area contributed by atoms with Crippen LogP contribution in [-0.2, 0) is 4.74 Å². The molecule has 0 bridgehead atoms. The van der Waals surface area contributed by atoms with Gasteiger partial charge in [-0.3, -0.25) is 0 Å². The molecular weight excluding hydrogens is 200 g/mol. The van der Waals surface area contributed by atoms with E-state index in [0.29, 0.717) is 17.4 Å². The van der Waals surface area contributed by atoms with Crippen LogP contribution >= 0.6 is 0 Å². The monoisotopic (exact) mass is 230 g/mol. The second-order valence-electron chi connectivity index (χ2n) is 5.61. The predicted octanol–water partition coefficient (Wildman–Crippen LogP) is 2.01. The Labute approximate surface area is 101 Å². The summed E-state index contributed by atoms with van der Waals surface area (Å²) in [6, 6.07) is 0.437. The third-order valence-corrected chi connectivity index (χ3v) is 3.53. The normalized spacial score (nSPS) is 14.4. The maximum Gasteiger partial charge on any atom is 0.0615 e. The zero-order chi connectivity index (χ0) is 12.6. The molecule has 0 spiro atoms. The van der Waals surface area contributed by atoms with Gasteiger partial charge < -0.3 is 15.8 Å². The highest BCUT2D eigenvalue weighted by atomic mass is 16.5. The molecule has 0 saturated heterocycles. The Bertz CT molecular complexity index is 169. The number of rotatable bonds is 9. The van der Waals surface area contributed by atoms with Crippen molar-refractivity contribution in [1.29, 1.82) is 0 Å². The summed E-state index contributed by atoms with van der Waals surface area (Å²) < 4.78 is 5.22. The lowest BCUT2D eigenvalue weighted by Crippen LogP contribution is -2.41. The lowest BCUT2D eigenvalue weighted by atomic mass is 9.81. The number of hydrogen-bond donors (Lipinski definition) is 2. The Morgan fingerprint density at radius 1 is 1.31 bits per heavy atom. The van der Waals surface area contributed by atoms with E-state index in [1.54, 1.807) is 7.11 Å². The molecule has 0 aromatic rings. The van der Waals surface area contributed by atoms with Gasteiger partial charge in [-0.05, 0) is 30.7 Å². The third-order valence-electron chi connectivity index (χ3n) is 3.53. The topological polar surface area (TPSA) is 47.3 Å². The van der Waals surface area contributed by atoms with Crippen molar-refractivity contribution in [1.82, 2.24) is 5.32 Å². The van der Waals surface area contributed by atoms with E-state index in [4.69, 9.17) is 10.5 Å². The Balaban J connectivity index is 3.99. The average molecular weight is 230 g/mol. The van der Waals surface area contributed by atoms with Gasteiger partial charge in [-0.25, -0.2) is 0 Å². The first-order valence-electron chi connectivity index (χ1n) is 6.36. The maximum atomic E-state index is 5.53. The molecule has 16 heavy (non-hydrogen) atoms. The van der Waals surface area contributed by atoms with Gasteiger partial charge in [0.15, 0.2) is 0 Å². The van der Waals surface area contributed by atoms with Crippen molar-refractivity contribution in [3.63, 3.8) is 0 Å². The number of hydrogen-bond acceptors (Lipinski definition) is 3. The minimum atomic E-state index is 0.328. The first-order valence-corrected chi connectivity index (χ1v) is 6.36. The van der Waals surface area contributed by atoms with Gasteiger partial charge in [0.25, 0.3) is 0 Å². The molecule has 0 aliphatic carbocycles. The van der Waals surface area contributed by atoms with E-state index in [9.17, 15) is 0 Å². The van der Waals surface area contributed by atoms with Gasteiger partial charge in [0, 0.05) is 19.7 Å². The molecule has 98 valence electrons. The van der Waals surface area contributed by atoms with Gasteiger partial charge in [-0.1, -0.05) is 27.7 Å². The summed E-state index contributed by atoms with van der Waals surface area (Å²) in [6.07, 6.45) is 2.15. The third kappa shape index (κ3) is 6.46. The summed E-state index contributed by atoms with van der Waals surface area (Å²) in [6.45, 7) is 11.7. The second kappa shape index (κ2) is 8.04. The highest BCUT2D eigenvalue weighted by Crippen LogP contribution is 2.24. The molecule has 0 aliphatic rings. The van der Waals surface area contributed by atoms with Gasteiger partial charge in [0.05, 0.1) is 6.61 Å². The van der Waals surface area contributed by atoms with Crippen LogP contribution in [0.15, 0.2) is 0 Å². The van der Waals surface area contributed by atoms with Crippen molar-refractivity contribution in [2.45, 2.75) is 46.6 Å². The second-order valence-corrected chi connectivity index (χ2v) is 5.61. The highest BCUT2D eigenvalue weighted by Gasteiger charge is 2.23. The lowest BCUT2D eigenvalue weighted by Gasteiger charge is -2.31. The van der Waals surface area contributed by atoms with E-state index in [1.165, 1.54) is 0 Å². The van der Waals surface area contributed by atoms with Gasteiger partial charge >= 0.3 is 0 Å². The Morgan fingerprint density at radius 3 is 2.38 bits per heavy atom. The summed E-state index contributed by atoms with van der Waals surface area (Å²) in [7, 11) is 1.75. The van der Waals surface area contributed by atoms with Crippen LogP contribution in [0.5, 0.6) is 0 Å². The summed E-state index contributed by atoms with van der Waals surface area (Å²) in [5.74, 6) is 0.678. The summed E-state index contributed by atoms with van der Waals surface area (Å²) in [5.41, 5.74) is 5.86. The van der Waals surface area contributed by atoms with E-state index in [1.807, 2.05) is 0 Å². The van der Waals surface area contributed by atoms with E-state index in [-0.39, 0.29) is 0 Å². The van der Waals surface area contributed by atoms with E-state index < -0.39 is 0 Å². The SMILES string of the molecule is COCC(CCCN)NCC(C)(C)C(C)C. The molecule has 3 nitrogen and oxygen atoms in total. The first kappa shape index (κ1) is 15.9. The van der Waals surface area contributed by atoms with Gasteiger partial charge in [-0.2, -0.15) is 0 Å². The van der Waals surface area contributed by atoms with Crippen molar-refractivity contribution >= 4 is 0 Å². The molecule has 0 radical (unpaired) electrons. The number of nitrogens with two attached hydrogens (primary N) is 1. The number of ether oxygens (including phenoxy) is 1. The molecule has 0 amide bonds. The molecule has 0 aromatic heterocycles. The van der Waals surface area contributed by atoms with E-state index in [0.717, 1.165) is 32.5 Å². The molecule has 0 fully saturated rings. The van der Waals surface area contributed by atoms with E-state index >= 15 is 0 Å². The van der Waals surface area contributed by atoms with E-state index in [2.05, 4.69) is 33.0 Å². The van der Waals surface area contributed by atoms with Crippen molar-refractivity contribution < 1.29 is 4.74 Å². The van der Waals surface area contributed by atoms with Gasteiger partial charge in [0.2, 0.25) is 0 Å². The minimum Gasteiger partial charge on any atom is -0.383 e. The summed E-state index contributed by atoms with van der Waals surface area (Å²) in [5, 5.41) is 3.60. The Kier molecular flexibility index (Phi) is 7.98. The molecule has 1 unspecified atom stereocenters. The standard InChI is InChI=1S/C13H30N2O/c1-11(2)13(3,4)10-15-12(9-16-5)7-6-8-14/h11-12,15H,6-10,14H2,1-5H3. The zero-order valence-corrected chi connectivity index (χ0v) is 11.7. The lowest BCUT2D eigenvalue weighted by molar-refractivity contribution is 0.146. The van der Waals surface area contributed by atoms with Gasteiger partial charge in [-0.15, -0.1) is 0 Å². The molecule has 0 rings (SSSR count). The van der Waals surface area contributed by atoms with Crippen LogP contribution in [0.25, 0.3) is 0 Å². The zero-order valence-electron chi connectivity index (χ0n) is 11.7. The molecule has 3 heteroatoms. The molecular formula is C13H30N2O. The van der Waals surface area contributed by atoms with Crippen molar-refractivity contribution in [2.24, 2.45) is 17.1 Å². The molecule has 0 aliphatic heterocycles. The molecule has 0 aromatic carbocycles. The summed E-state index contributed by atoms with van der Waals surface area (Å²) >= 11 is 0. The fraction of sp³-hybridized carbons (Fsp3) is 1.00. The number of methoxy groups -OCH3 is 1. The Hall–Kier alpha value is -0.120. The molecule has 3 N–H and O–H groups in total. The van der Waals surface area contributed by atoms with Crippen LogP contribution in [0.3, 0.4) is 0 Å². The van der Waals surface area contributed by atoms with Gasteiger partial charge in [0.1, 0.15) is 0 Å². The van der Waals surface area contributed by atoms with Crippen LogP contribution in [0.1, 0.15) is 40.5 Å². The van der Waals surface area contributed by atoms with Crippen molar-refractivity contribution in [2.75, 3.05) is 26.8 Å². The van der Waals surface area contributed by atoms with Crippen LogP contribution < -0.4 is 11.1 Å². The fourth-order valence-electron chi connectivity index (χ4n) is 1.42. The largest absolute Gasteiger partial charge is 0.383 e. The molecule has 0 heterocycles. The number of nitrogens with one attached hydrogen (secondary N) is 1. The highest BCUT2D eigenvalue weighted by molar-refractivity contribution is 4.78. The predicted molar refractivity (Wildman–Crippen MR) is 70.6 cm³/mol.